The summed E-state index contributed by atoms with van der Waals surface area (Å²) in [5.41, 5.74) is 3.07. The lowest BCUT2D eigenvalue weighted by molar-refractivity contribution is 0.176. The SMILES string of the molecule is COCCCCN(Cc1ccccc1)C(=O)NCc1nc(-c2ccc(Cl)cc2)c(C)s1. The maximum atomic E-state index is 12.9. The number of benzene rings is 2. The van der Waals surface area contributed by atoms with E-state index in [0.29, 0.717) is 31.3 Å². The van der Waals surface area contributed by atoms with Crippen LogP contribution < -0.4 is 5.32 Å². The number of rotatable bonds is 10. The van der Waals surface area contributed by atoms with Gasteiger partial charge in [-0.3, -0.25) is 0 Å². The molecule has 2 amide bonds. The van der Waals surface area contributed by atoms with E-state index in [1.165, 1.54) is 0 Å². The Morgan fingerprint density at radius 3 is 2.58 bits per heavy atom. The zero-order valence-electron chi connectivity index (χ0n) is 17.9. The van der Waals surface area contributed by atoms with E-state index in [1.54, 1.807) is 18.4 Å². The molecule has 0 aliphatic carbocycles. The van der Waals surface area contributed by atoms with Crippen LogP contribution in [0.2, 0.25) is 5.02 Å². The molecule has 3 aromatic rings. The van der Waals surface area contributed by atoms with Crippen molar-refractivity contribution in [3.05, 3.63) is 75.1 Å². The number of hydrogen-bond donors (Lipinski definition) is 1. The monoisotopic (exact) mass is 457 g/mol. The summed E-state index contributed by atoms with van der Waals surface area (Å²) in [6.45, 7) is 4.40. The number of urea groups is 1. The predicted octanol–water partition coefficient (Wildman–Crippen LogP) is 5.91. The van der Waals surface area contributed by atoms with Crippen molar-refractivity contribution in [3.63, 3.8) is 0 Å². The molecule has 3 rings (SSSR count). The standard InChI is InChI=1S/C24H28ClN3O2S/c1-18-23(20-10-12-21(25)13-11-20)27-22(31-18)16-26-24(29)28(14-6-7-15-30-2)17-19-8-4-3-5-9-19/h3-5,8-13H,6-7,14-17H2,1-2H3,(H,26,29). The van der Waals surface area contributed by atoms with E-state index < -0.39 is 0 Å². The van der Waals surface area contributed by atoms with E-state index in [-0.39, 0.29) is 6.03 Å². The Labute approximate surface area is 193 Å². The number of nitrogens with zero attached hydrogens (tertiary/aromatic N) is 2. The van der Waals surface area contributed by atoms with E-state index in [0.717, 1.165) is 39.5 Å². The van der Waals surface area contributed by atoms with Crippen molar-refractivity contribution in [3.8, 4) is 11.3 Å². The molecule has 0 spiro atoms. The van der Waals surface area contributed by atoms with Gasteiger partial charge in [0.2, 0.25) is 0 Å². The Kier molecular flexibility index (Phi) is 8.88. The fourth-order valence-electron chi connectivity index (χ4n) is 3.27. The second-order valence-electron chi connectivity index (χ2n) is 7.29. The molecule has 0 saturated heterocycles. The number of hydrogen-bond acceptors (Lipinski definition) is 4. The van der Waals surface area contributed by atoms with Gasteiger partial charge in [-0.1, -0.05) is 54.1 Å². The van der Waals surface area contributed by atoms with Crippen LogP contribution in [0.5, 0.6) is 0 Å². The average molecular weight is 458 g/mol. The fraction of sp³-hybridized carbons (Fsp3) is 0.333. The zero-order valence-corrected chi connectivity index (χ0v) is 19.5. The molecule has 0 unspecified atom stereocenters. The second-order valence-corrected chi connectivity index (χ2v) is 9.01. The molecule has 0 saturated carbocycles. The van der Waals surface area contributed by atoms with Gasteiger partial charge in [-0.05, 0) is 37.5 Å². The number of aromatic nitrogens is 1. The number of methoxy groups -OCH3 is 1. The number of carbonyl (C=O) groups excluding carboxylic acids is 1. The Morgan fingerprint density at radius 2 is 1.87 bits per heavy atom. The lowest BCUT2D eigenvalue weighted by atomic mass is 10.1. The van der Waals surface area contributed by atoms with E-state index >= 15 is 0 Å². The van der Waals surface area contributed by atoms with Crippen molar-refractivity contribution in [1.29, 1.82) is 0 Å². The number of amides is 2. The van der Waals surface area contributed by atoms with Gasteiger partial charge in [-0.25, -0.2) is 9.78 Å². The smallest absolute Gasteiger partial charge is 0.318 e. The van der Waals surface area contributed by atoms with Crippen molar-refractivity contribution in [1.82, 2.24) is 15.2 Å². The summed E-state index contributed by atoms with van der Waals surface area (Å²) in [4.78, 5) is 20.6. The molecule has 1 aromatic heterocycles. The van der Waals surface area contributed by atoms with Gasteiger partial charge < -0.3 is 15.0 Å². The highest BCUT2D eigenvalue weighted by Crippen LogP contribution is 2.28. The maximum absolute atomic E-state index is 12.9. The largest absolute Gasteiger partial charge is 0.385 e. The van der Waals surface area contributed by atoms with Crippen molar-refractivity contribution in [2.24, 2.45) is 0 Å². The first-order valence-electron chi connectivity index (χ1n) is 10.3. The first kappa shape index (κ1) is 23.3. The minimum Gasteiger partial charge on any atom is -0.385 e. The van der Waals surface area contributed by atoms with E-state index in [1.807, 2.05) is 66.4 Å². The summed E-state index contributed by atoms with van der Waals surface area (Å²) < 4.78 is 5.13. The first-order valence-corrected chi connectivity index (χ1v) is 11.5. The Balaban J connectivity index is 1.62. The van der Waals surface area contributed by atoms with Gasteiger partial charge in [-0.2, -0.15) is 0 Å². The highest BCUT2D eigenvalue weighted by Gasteiger charge is 2.15. The van der Waals surface area contributed by atoms with Crippen LogP contribution >= 0.6 is 22.9 Å². The Bertz CT molecular complexity index is 961. The van der Waals surface area contributed by atoms with Crippen LogP contribution in [0.15, 0.2) is 54.6 Å². The quantitative estimate of drug-likeness (QED) is 0.385. The van der Waals surface area contributed by atoms with Crippen LogP contribution in [-0.2, 0) is 17.8 Å². The van der Waals surface area contributed by atoms with E-state index in [9.17, 15) is 4.79 Å². The molecular formula is C24H28ClN3O2S. The molecule has 2 aromatic carbocycles. The molecular weight excluding hydrogens is 430 g/mol. The van der Waals surface area contributed by atoms with Crippen LogP contribution in [0.25, 0.3) is 11.3 Å². The highest BCUT2D eigenvalue weighted by atomic mass is 35.5. The first-order chi connectivity index (χ1) is 15.1. The fourth-order valence-corrected chi connectivity index (χ4v) is 4.29. The van der Waals surface area contributed by atoms with Crippen molar-refractivity contribution < 1.29 is 9.53 Å². The molecule has 0 aliphatic heterocycles. The molecule has 5 nitrogen and oxygen atoms in total. The summed E-state index contributed by atoms with van der Waals surface area (Å²) in [6, 6.07) is 17.6. The lowest BCUT2D eigenvalue weighted by Crippen LogP contribution is -2.39. The summed E-state index contributed by atoms with van der Waals surface area (Å²) in [5.74, 6) is 0. The average Bonchev–Trinajstić information content (AvgIpc) is 3.16. The molecule has 0 fully saturated rings. The number of thiazole rings is 1. The van der Waals surface area contributed by atoms with Gasteiger partial charge in [0.1, 0.15) is 5.01 Å². The third-order valence-corrected chi connectivity index (χ3v) is 6.10. The van der Waals surface area contributed by atoms with Crippen LogP contribution in [0.3, 0.4) is 0 Å². The van der Waals surface area contributed by atoms with Crippen LogP contribution in [0.1, 0.15) is 28.3 Å². The Hall–Kier alpha value is -2.41. The highest BCUT2D eigenvalue weighted by molar-refractivity contribution is 7.12. The van der Waals surface area contributed by atoms with E-state index in [2.05, 4.69) is 5.32 Å². The normalized spacial score (nSPS) is 10.8. The summed E-state index contributed by atoms with van der Waals surface area (Å²) in [5, 5.41) is 4.63. The molecule has 0 aliphatic rings. The number of carbonyl (C=O) groups is 1. The van der Waals surface area contributed by atoms with Crippen molar-refractivity contribution >= 4 is 29.0 Å². The predicted molar refractivity (Wildman–Crippen MR) is 127 cm³/mol. The topological polar surface area (TPSA) is 54.5 Å². The molecule has 7 heteroatoms. The number of halogens is 1. The molecule has 0 bridgehead atoms. The van der Waals surface area contributed by atoms with Gasteiger partial charge in [0.05, 0.1) is 12.2 Å². The third-order valence-electron chi connectivity index (χ3n) is 4.88. The van der Waals surface area contributed by atoms with Gasteiger partial charge in [0, 0.05) is 42.3 Å². The minimum atomic E-state index is -0.0813. The van der Waals surface area contributed by atoms with Gasteiger partial charge in [0.25, 0.3) is 0 Å². The minimum absolute atomic E-state index is 0.0813. The summed E-state index contributed by atoms with van der Waals surface area (Å²) in [6.07, 6.45) is 1.82. The van der Waals surface area contributed by atoms with Crippen LogP contribution in [-0.4, -0.2) is 36.2 Å². The van der Waals surface area contributed by atoms with Crippen molar-refractivity contribution in [2.45, 2.75) is 32.9 Å². The third kappa shape index (κ3) is 7.06. The zero-order chi connectivity index (χ0) is 22.1. The van der Waals surface area contributed by atoms with Crippen molar-refractivity contribution in [2.75, 3.05) is 20.3 Å². The van der Waals surface area contributed by atoms with Gasteiger partial charge in [0.15, 0.2) is 0 Å². The van der Waals surface area contributed by atoms with Gasteiger partial charge >= 0.3 is 6.03 Å². The molecule has 0 radical (unpaired) electrons. The number of aryl methyl sites for hydroxylation is 1. The van der Waals surface area contributed by atoms with Crippen LogP contribution in [0, 0.1) is 6.92 Å². The van der Waals surface area contributed by atoms with E-state index in [4.69, 9.17) is 21.3 Å². The number of nitrogens with one attached hydrogen (secondary N) is 1. The maximum Gasteiger partial charge on any atom is 0.318 e. The molecule has 1 N–H and O–H groups in total. The molecule has 1 heterocycles. The number of ether oxygens (including phenoxy) is 1. The summed E-state index contributed by atoms with van der Waals surface area (Å²) in [7, 11) is 1.70. The molecule has 0 atom stereocenters. The Morgan fingerprint density at radius 1 is 1.13 bits per heavy atom. The molecule has 31 heavy (non-hydrogen) atoms. The lowest BCUT2D eigenvalue weighted by Gasteiger charge is -2.23. The van der Waals surface area contributed by atoms with Gasteiger partial charge in [-0.15, -0.1) is 11.3 Å². The van der Waals surface area contributed by atoms with Crippen LogP contribution in [0.4, 0.5) is 4.79 Å². The second kappa shape index (κ2) is 11.8. The molecule has 164 valence electrons. The summed E-state index contributed by atoms with van der Waals surface area (Å²) >= 11 is 7.59. The number of unbranched alkanes of at least 4 members (excludes halogenated alkanes) is 1.